The summed E-state index contributed by atoms with van der Waals surface area (Å²) in [6.07, 6.45) is 5.48. The predicted octanol–water partition coefficient (Wildman–Crippen LogP) is 1.81. The fraction of sp³-hybridized carbons (Fsp3) is 0.667. The molecule has 1 aromatic rings. The zero-order valence-electron chi connectivity index (χ0n) is 12.6. The molecule has 0 spiro atoms. The Kier molecular flexibility index (Phi) is 4.93. The van der Waals surface area contributed by atoms with E-state index in [1.54, 1.807) is 12.4 Å². The molecule has 1 amide bonds. The summed E-state index contributed by atoms with van der Waals surface area (Å²) in [6, 6.07) is 1.81. The molecule has 1 saturated heterocycles. The van der Waals surface area contributed by atoms with Crippen molar-refractivity contribution in [3.63, 3.8) is 0 Å². The molecule has 0 N–H and O–H groups in total. The van der Waals surface area contributed by atoms with E-state index in [4.69, 9.17) is 0 Å². The van der Waals surface area contributed by atoms with Crippen LogP contribution in [0.3, 0.4) is 0 Å². The van der Waals surface area contributed by atoms with Crippen molar-refractivity contribution >= 4 is 11.9 Å². The monoisotopic (exact) mass is 276 g/mol. The van der Waals surface area contributed by atoms with Crippen molar-refractivity contribution in [3.8, 4) is 0 Å². The lowest BCUT2D eigenvalue weighted by molar-refractivity contribution is -0.134. The summed E-state index contributed by atoms with van der Waals surface area (Å²) in [5.74, 6) is 1.55. The van der Waals surface area contributed by atoms with Crippen LogP contribution in [0.2, 0.25) is 0 Å². The molecule has 0 aliphatic carbocycles. The van der Waals surface area contributed by atoms with Crippen molar-refractivity contribution in [1.29, 1.82) is 0 Å². The highest BCUT2D eigenvalue weighted by atomic mass is 16.2. The molecule has 1 aliphatic heterocycles. The first-order chi connectivity index (χ1) is 9.58. The average molecular weight is 276 g/mol. The van der Waals surface area contributed by atoms with Gasteiger partial charge in [-0.1, -0.05) is 13.8 Å². The fourth-order valence-corrected chi connectivity index (χ4v) is 2.76. The summed E-state index contributed by atoms with van der Waals surface area (Å²) in [4.78, 5) is 25.0. The van der Waals surface area contributed by atoms with E-state index in [0.29, 0.717) is 5.92 Å². The number of hydrogen-bond acceptors (Lipinski definition) is 4. The number of amides is 1. The van der Waals surface area contributed by atoms with E-state index in [9.17, 15) is 4.79 Å². The van der Waals surface area contributed by atoms with Gasteiger partial charge in [0.05, 0.1) is 5.92 Å². The topological polar surface area (TPSA) is 49.3 Å². The Morgan fingerprint density at radius 3 is 2.80 bits per heavy atom. The first-order valence-electron chi connectivity index (χ1n) is 7.35. The number of piperidine rings is 1. The van der Waals surface area contributed by atoms with Crippen LogP contribution in [0, 0.1) is 11.8 Å². The maximum atomic E-state index is 12.5. The lowest BCUT2D eigenvalue weighted by Gasteiger charge is -2.34. The van der Waals surface area contributed by atoms with Crippen molar-refractivity contribution in [2.75, 3.05) is 31.6 Å². The standard InChI is InChI=1S/C15H24N4O/c1-12(2)10-18(3)14(20)13-6-4-9-19(11-13)15-16-7-5-8-17-15/h5,7-8,12-13H,4,6,9-11H2,1-3H3. The van der Waals surface area contributed by atoms with Crippen molar-refractivity contribution in [2.24, 2.45) is 11.8 Å². The molecular formula is C15H24N4O. The van der Waals surface area contributed by atoms with E-state index < -0.39 is 0 Å². The van der Waals surface area contributed by atoms with Gasteiger partial charge < -0.3 is 9.80 Å². The minimum absolute atomic E-state index is 0.0660. The van der Waals surface area contributed by atoms with Gasteiger partial charge in [-0.2, -0.15) is 0 Å². The Morgan fingerprint density at radius 2 is 2.15 bits per heavy atom. The van der Waals surface area contributed by atoms with E-state index >= 15 is 0 Å². The zero-order chi connectivity index (χ0) is 14.5. The van der Waals surface area contributed by atoms with Gasteiger partial charge in [-0.3, -0.25) is 4.79 Å². The highest BCUT2D eigenvalue weighted by Gasteiger charge is 2.29. The zero-order valence-corrected chi connectivity index (χ0v) is 12.6. The van der Waals surface area contributed by atoms with Crippen molar-refractivity contribution in [3.05, 3.63) is 18.5 Å². The van der Waals surface area contributed by atoms with Gasteiger partial charge in [0.1, 0.15) is 0 Å². The molecule has 1 aromatic heterocycles. The Labute approximate surface area is 121 Å². The van der Waals surface area contributed by atoms with Crippen LogP contribution in [0.4, 0.5) is 5.95 Å². The third-order valence-electron chi connectivity index (χ3n) is 3.62. The summed E-state index contributed by atoms with van der Waals surface area (Å²) in [5.41, 5.74) is 0. The molecule has 1 unspecified atom stereocenters. The van der Waals surface area contributed by atoms with Gasteiger partial charge in [-0.05, 0) is 24.8 Å². The Balaban J connectivity index is 1.98. The lowest BCUT2D eigenvalue weighted by Crippen LogP contribution is -2.45. The van der Waals surface area contributed by atoms with Crippen LogP contribution in [0.25, 0.3) is 0 Å². The number of carbonyl (C=O) groups excluding carboxylic acids is 1. The van der Waals surface area contributed by atoms with Gasteiger partial charge in [0.15, 0.2) is 0 Å². The molecule has 0 radical (unpaired) electrons. The van der Waals surface area contributed by atoms with Gasteiger partial charge in [-0.25, -0.2) is 9.97 Å². The fourth-order valence-electron chi connectivity index (χ4n) is 2.76. The normalized spacial score (nSPS) is 19.2. The van der Waals surface area contributed by atoms with Gasteiger partial charge in [0, 0.05) is 39.1 Å². The molecule has 0 aromatic carbocycles. The summed E-state index contributed by atoms with van der Waals surface area (Å²) in [5, 5.41) is 0. The molecule has 1 aliphatic rings. The Bertz CT molecular complexity index is 435. The summed E-state index contributed by atoms with van der Waals surface area (Å²) in [6.45, 7) is 6.74. The van der Waals surface area contributed by atoms with Crippen molar-refractivity contribution < 1.29 is 4.79 Å². The summed E-state index contributed by atoms with van der Waals surface area (Å²) >= 11 is 0. The van der Waals surface area contributed by atoms with E-state index in [0.717, 1.165) is 38.4 Å². The maximum absolute atomic E-state index is 12.5. The predicted molar refractivity (Wildman–Crippen MR) is 79.4 cm³/mol. The van der Waals surface area contributed by atoms with Crippen LogP contribution in [-0.4, -0.2) is 47.5 Å². The maximum Gasteiger partial charge on any atom is 0.227 e. The first kappa shape index (κ1) is 14.8. The second-order valence-corrected chi connectivity index (χ2v) is 5.95. The highest BCUT2D eigenvalue weighted by molar-refractivity contribution is 5.79. The number of nitrogens with zero attached hydrogens (tertiary/aromatic N) is 4. The van der Waals surface area contributed by atoms with E-state index in [1.807, 2.05) is 18.0 Å². The van der Waals surface area contributed by atoms with Crippen molar-refractivity contribution in [2.45, 2.75) is 26.7 Å². The molecule has 1 atom stereocenters. The number of anilines is 1. The van der Waals surface area contributed by atoms with Crippen LogP contribution in [0.5, 0.6) is 0 Å². The lowest BCUT2D eigenvalue weighted by atomic mass is 9.96. The van der Waals surface area contributed by atoms with E-state index in [2.05, 4.69) is 28.7 Å². The average Bonchev–Trinajstić information content (AvgIpc) is 2.47. The van der Waals surface area contributed by atoms with Crippen LogP contribution in [-0.2, 0) is 4.79 Å². The quantitative estimate of drug-likeness (QED) is 0.841. The second-order valence-electron chi connectivity index (χ2n) is 5.95. The van der Waals surface area contributed by atoms with Gasteiger partial charge in [0.25, 0.3) is 0 Å². The minimum atomic E-state index is 0.0660. The second kappa shape index (κ2) is 6.68. The molecule has 2 rings (SSSR count). The third-order valence-corrected chi connectivity index (χ3v) is 3.62. The molecule has 110 valence electrons. The Hall–Kier alpha value is -1.65. The Morgan fingerprint density at radius 1 is 1.45 bits per heavy atom. The van der Waals surface area contributed by atoms with Crippen LogP contribution < -0.4 is 4.90 Å². The van der Waals surface area contributed by atoms with Crippen LogP contribution in [0.1, 0.15) is 26.7 Å². The number of aromatic nitrogens is 2. The SMILES string of the molecule is CC(C)CN(C)C(=O)C1CCCN(c2ncccn2)C1. The molecule has 20 heavy (non-hydrogen) atoms. The number of hydrogen-bond donors (Lipinski definition) is 0. The molecule has 5 heteroatoms. The smallest absolute Gasteiger partial charge is 0.227 e. The summed E-state index contributed by atoms with van der Waals surface area (Å²) < 4.78 is 0. The van der Waals surface area contributed by atoms with E-state index in [-0.39, 0.29) is 11.8 Å². The largest absolute Gasteiger partial charge is 0.345 e. The molecule has 2 heterocycles. The van der Waals surface area contributed by atoms with Crippen LogP contribution in [0.15, 0.2) is 18.5 Å². The molecule has 0 bridgehead atoms. The number of rotatable bonds is 4. The number of carbonyl (C=O) groups is 1. The molecule has 1 fully saturated rings. The van der Waals surface area contributed by atoms with Crippen LogP contribution >= 0.6 is 0 Å². The molecule has 5 nitrogen and oxygen atoms in total. The van der Waals surface area contributed by atoms with Gasteiger partial charge in [-0.15, -0.1) is 0 Å². The third kappa shape index (κ3) is 3.68. The van der Waals surface area contributed by atoms with Gasteiger partial charge >= 0.3 is 0 Å². The van der Waals surface area contributed by atoms with Crippen molar-refractivity contribution in [1.82, 2.24) is 14.9 Å². The molecule has 0 saturated carbocycles. The minimum Gasteiger partial charge on any atom is -0.345 e. The first-order valence-corrected chi connectivity index (χ1v) is 7.35. The van der Waals surface area contributed by atoms with Gasteiger partial charge in [0.2, 0.25) is 11.9 Å². The highest BCUT2D eigenvalue weighted by Crippen LogP contribution is 2.21. The molecular weight excluding hydrogens is 252 g/mol. The van der Waals surface area contributed by atoms with E-state index in [1.165, 1.54) is 0 Å². The summed E-state index contributed by atoms with van der Waals surface area (Å²) in [7, 11) is 1.90.